The fraction of sp³-hybridized carbons (Fsp3) is 0.333. The molecule has 6 heteroatoms. The van der Waals surface area contributed by atoms with E-state index in [0.717, 1.165) is 17.7 Å². The second kappa shape index (κ2) is 6.49. The van der Waals surface area contributed by atoms with Crippen LogP contribution in [0, 0.1) is 12.7 Å². The smallest absolute Gasteiger partial charge is 0.222 e. The minimum Gasteiger partial charge on any atom is -0.386 e. The Morgan fingerprint density at radius 2 is 2.05 bits per heavy atom. The van der Waals surface area contributed by atoms with Gasteiger partial charge in [0.2, 0.25) is 5.95 Å². The summed E-state index contributed by atoms with van der Waals surface area (Å²) in [5.41, 5.74) is 7.63. The fourth-order valence-corrected chi connectivity index (χ4v) is 2.24. The van der Waals surface area contributed by atoms with Crippen LogP contribution in [0.4, 0.5) is 16.2 Å². The number of nitrogen functional groups attached to an aromatic ring is 1. The Hall–Kier alpha value is -2.21. The topological polar surface area (TPSA) is 84.1 Å². The molecule has 0 radical (unpaired) electrons. The second-order valence-corrected chi connectivity index (χ2v) is 4.77. The molecule has 112 valence electrons. The Bertz CT molecular complexity index is 633. The lowest BCUT2D eigenvalue weighted by molar-refractivity contribution is 0.186. The molecule has 21 heavy (non-hydrogen) atoms. The largest absolute Gasteiger partial charge is 0.386 e. The molecule has 2 aromatic rings. The van der Waals surface area contributed by atoms with Gasteiger partial charge in [-0.15, -0.1) is 0 Å². The summed E-state index contributed by atoms with van der Waals surface area (Å²) in [6.07, 6.45) is -0.225. The van der Waals surface area contributed by atoms with Crippen molar-refractivity contribution in [3.05, 3.63) is 46.9 Å². The number of nitrogens with zero attached hydrogens (tertiary/aromatic N) is 2. The number of aryl methyl sites for hydroxylation is 1. The summed E-state index contributed by atoms with van der Waals surface area (Å²) in [5, 5.41) is 13.1. The van der Waals surface area contributed by atoms with Crippen LogP contribution in [0.25, 0.3) is 0 Å². The number of hydrogen-bond acceptors (Lipinski definition) is 5. The van der Waals surface area contributed by atoms with E-state index in [4.69, 9.17) is 5.73 Å². The van der Waals surface area contributed by atoms with Gasteiger partial charge < -0.3 is 16.2 Å². The van der Waals surface area contributed by atoms with Crippen LogP contribution >= 0.6 is 0 Å². The molecule has 1 heterocycles. The number of aromatic nitrogens is 2. The fourth-order valence-electron chi connectivity index (χ4n) is 2.24. The summed E-state index contributed by atoms with van der Waals surface area (Å²) in [4.78, 5) is 8.25. The third-order valence-electron chi connectivity index (χ3n) is 3.31. The molecule has 0 aliphatic heterocycles. The van der Waals surface area contributed by atoms with Crippen LogP contribution in [0.1, 0.15) is 29.8 Å². The molecule has 4 N–H and O–H groups in total. The first-order valence-corrected chi connectivity index (χ1v) is 6.82. The molecule has 5 nitrogen and oxygen atoms in total. The van der Waals surface area contributed by atoms with E-state index < -0.39 is 11.9 Å². The number of aliphatic hydroxyl groups is 1. The average molecular weight is 290 g/mol. The highest BCUT2D eigenvalue weighted by Gasteiger charge is 2.14. The Kier molecular flexibility index (Phi) is 4.70. The monoisotopic (exact) mass is 290 g/mol. The van der Waals surface area contributed by atoms with E-state index >= 15 is 0 Å². The average Bonchev–Trinajstić information content (AvgIpc) is 2.44. The summed E-state index contributed by atoms with van der Waals surface area (Å²) in [5.74, 6) is 0.325. The predicted molar refractivity (Wildman–Crippen MR) is 80.4 cm³/mol. The first-order valence-electron chi connectivity index (χ1n) is 6.82. The molecular formula is C15H19FN4O. The van der Waals surface area contributed by atoms with Crippen LogP contribution in [0.15, 0.2) is 24.3 Å². The minimum absolute atomic E-state index is 0.143. The Morgan fingerprint density at radius 1 is 1.33 bits per heavy atom. The quantitative estimate of drug-likeness (QED) is 0.786. The molecule has 0 saturated carbocycles. The van der Waals surface area contributed by atoms with Gasteiger partial charge in [-0.05, 0) is 19.4 Å². The number of benzene rings is 1. The van der Waals surface area contributed by atoms with Crippen LogP contribution < -0.4 is 11.1 Å². The van der Waals surface area contributed by atoms with Crippen molar-refractivity contribution < 1.29 is 9.50 Å². The van der Waals surface area contributed by atoms with Crippen LogP contribution in [-0.2, 0) is 6.42 Å². The SMILES string of the molecule is CCc1c(C)nc(N)nc1NCC(O)c1ccccc1F. The molecule has 1 aromatic heterocycles. The molecule has 0 aliphatic carbocycles. The minimum atomic E-state index is -0.965. The number of nitrogens with one attached hydrogen (secondary N) is 1. The van der Waals surface area contributed by atoms with Crippen molar-refractivity contribution in [2.45, 2.75) is 26.4 Å². The molecule has 0 spiro atoms. The van der Waals surface area contributed by atoms with E-state index in [1.54, 1.807) is 18.2 Å². The van der Waals surface area contributed by atoms with Gasteiger partial charge in [-0.1, -0.05) is 25.1 Å². The van der Waals surface area contributed by atoms with E-state index in [9.17, 15) is 9.50 Å². The molecular weight excluding hydrogens is 271 g/mol. The van der Waals surface area contributed by atoms with Gasteiger partial charge in [0, 0.05) is 23.4 Å². The highest BCUT2D eigenvalue weighted by atomic mass is 19.1. The van der Waals surface area contributed by atoms with E-state index in [-0.39, 0.29) is 18.1 Å². The van der Waals surface area contributed by atoms with Gasteiger partial charge in [-0.25, -0.2) is 9.37 Å². The Balaban J connectivity index is 2.15. The summed E-state index contributed by atoms with van der Waals surface area (Å²) in [6, 6.07) is 6.15. The predicted octanol–water partition coefficient (Wildman–Crippen LogP) is 2.21. The summed E-state index contributed by atoms with van der Waals surface area (Å²) in [6.45, 7) is 3.99. The lowest BCUT2D eigenvalue weighted by Crippen LogP contribution is -2.16. The maximum absolute atomic E-state index is 13.6. The number of aliphatic hydroxyl groups excluding tert-OH is 1. The van der Waals surface area contributed by atoms with E-state index in [2.05, 4.69) is 15.3 Å². The third-order valence-corrected chi connectivity index (χ3v) is 3.31. The lowest BCUT2D eigenvalue weighted by atomic mass is 10.1. The van der Waals surface area contributed by atoms with Crippen LogP contribution in [-0.4, -0.2) is 21.6 Å². The first kappa shape index (κ1) is 15.2. The van der Waals surface area contributed by atoms with Crippen molar-refractivity contribution in [1.29, 1.82) is 0 Å². The van der Waals surface area contributed by atoms with Crippen molar-refractivity contribution in [1.82, 2.24) is 9.97 Å². The second-order valence-electron chi connectivity index (χ2n) is 4.77. The molecule has 2 rings (SSSR count). The summed E-state index contributed by atoms with van der Waals surface area (Å²) < 4.78 is 13.6. The summed E-state index contributed by atoms with van der Waals surface area (Å²) in [7, 11) is 0. The highest BCUT2D eigenvalue weighted by molar-refractivity contribution is 5.49. The van der Waals surface area contributed by atoms with E-state index in [1.807, 2.05) is 13.8 Å². The normalized spacial score (nSPS) is 12.2. The Morgan fingerprint density at radius 3 is 2.71 bits per heavy atom. The van der Waals surface area contributed by atoms with Crippen LogP contribution in [0.5, 0.6) is 0 Å². The first-order chi connectivity index (χ1) is 10.0. The molecule has 1 unspecified atom stereocenters. The molecule has 1 aromatic carbocycles. The molecule has 1 atom stereocenters. The van der Waals surface area contributed by atoms with Gasteiger partial charge in [0.15, 0.2) is 0 Å². The lowest BCUT2D eigenvalue weighted by Gasteiger charge is -2.16. The van der Waals surface area contributed by atoms with Crippen molar-refractivity contribution in [2.75, 3.05) is 17.6 Å². The molecule has 0 fully saturated rings. The van der Waals surface area contributed by atoms with Gasteiger partial charge in [-0.3, -0.25) is 0 Å². The molecule has 0 bridgehead atoms. The van der Waals surface area contributed by atoms with Gasteiger partial charge in [0.05, 0.1) is 6.10 Å². The van der Waals surface area contributed by atoms with Gasteiger partial charge in [0.25, 0.3) is 0 Å². The van der Waals surface area contributed by atoms with Gasteiger partial charge in [0.1, 0.15) is 11.6 Å². The van der Waals surface area contributed by atoms with Gasteiger partial charge >= 0.3 is 0 Å². The number of rotatable bonds is 5. The molecule has 0 aliphatic rings. The van der Waals surface area contributed by atoms with Crippen LogP contribution in [0.3, 0.4) is 0 Å². The zero-order chi connectivity index (χ0) is 15.4. The highest BCUT2D eigenvalue weighted by Crippen LogP contribution is 2.21. The zero-order valence-corrected chi connectivity index (χ0v) is 12.1. The van der Waals surface area contributed by atoms with Crippen molar-refractivity contribution in [3.8, 4) is 0 Å². The molecule has 0 saturated heterocycles. The number of anilines is 2. The molecule has 0 amide bonds. The number of hydrogen-bond donors (Lipinski definition) is 3. The third kappa shape index (κ3) is 3.46. The van der Waals surface area contributed by atoms with Crippen molar-refractivity contribution >= 4 is 11.8 Å². The standard InChI is InChI=1S/C15H19FN4O/c1-3-10-9(2)19-15(17)20-14(10)18-8-13(21)11-6-4-5-7-12(11)16/h4-7,13,21H,3,8H2,1-2H3,(H3,17,18,19,20). The van der Waals surface area contributed by atoms with E-state index in [1.165, 1.54) is 6.07 Å². The Labute approximate surface area is 123 Å². The summed E-state index contributed by atoms with van der Waals surface area (Å²) >= 11 is 0. The number of nitrogens with two attached hydrogens (primary N) is 1. The van der Waals surface area contributed by atoms with Crippen molar-refractivity contribution in [3.63, 3.8) is 0 Å². The maximum Gasteiger partial charge on any atom is 0.222 e. The van der Waals surface area contributed by atoms with Crippen molar-refractivity contribution in [2.24, 2.45) is 0 Å². The maximum atomic E-state index is 13.6. The van der Waals surface area contributed by atoms with Crippen LogP contribution in [0.2, 0.25) is 0 Å². The van der Waals surface area contributed by atoms with E-state index in [0.29, 0.717) is 5.82 Å². The number of halogens is 1. The van der Waals surface area contributed by atoms with Gasteiger partial charge in [-0.2, -0.15) is 4.98 Å². The zero-order valence-electron chi connectivity index (χ0n) is 12.1.